The van der Waals surface area contributed by atoms with Gasteiger partial charge >= 0.3 is 12.1 Å². The van der Waals surface area contributed by atoms with E-state index in [2.05, 4.69) is 30.6 Å². The van der Waals surface area contributed by atoms with Crippen molar-refractivity contribution in [3.63, 3.8) is 0 Å². The summed E-state index contributed by atoms with van der Waals surface area (Å²) in [7, 11) is -3.96. The summed E-state index contributed by atoms with van der Waals surface area (Å²) in [6, 6.07) is 9.85. The predicted molar refractivity (Wildman–Crippen MR) is 167 cm³/mol. The highest BCUT2D eigenvalue weighted by atomic mass is 32.2. The van der Waals surface area contributed by atoms with Gasteiger partial charge in [0, 0.05) is 41.1 Å². The highest BCUT2D eigenvalue weighted by molar-refractivity contribution is 7.89. The van der Waals surface area contributed by atoms with E-state index in [1.807, 2.05) is 19.9 Å². The molecule has 0 atom stereocenters. The Bertz CT molecular complexity index is 1510. The molecule has 4 rings (SSSR count). The van der Waals surface area contributed by atoms with Gasteiger partial charge in [0.1, 0.15) is 0 Å². The Morgan fingerprint density at radius 2 is 1.81 bits per heavy atom. The Hall–Kier alpha value is -3.55. The standard InChI is InChI=1S/C30H40N6O5S2/c1-19(2)41-29(38)35-21-11-9-20(10-12-21)27-32-18-25(42-27)24-14-13-22(16-26(24)43(39,40)36-30(3,4)5)34-28(37)33-17-23-8-6-7-15-31-23/h6-8,13-16,18-21,36H,9-12,17H2,1-5H3,(H,35,38)(H2,33,34,37). The van der Waals surface area contributed by atoms with Crippen LogP contribution in [0.25, 0.3) is 10.4 Å². The first-order valence-corrected chi connectivity index (χ1v) is 16.6. The molecule has 1 saturated carbocycles. The van der Waals surface area contributed by atoms with Crippen molar-refractivity contribution in [2.45, 2.75) is 95.3 Å². The van der Waals surface area contributed by atoms with E-state index in [1.54, 1.807) is 57.4 Å². The SMILES string of the molecule is CC(C)OC(=O)NC1CCC(c2ncc(-c3ccc(NC(=O)NCc4ccccn4)cc3S(=O)(=O)NC(C)(C)C)s2)CC1. The molecule has 11 nitrogen and oxygen atoms in total. The van der Waals surface area contributed by atoms with Gasteiger partial charge in [0.25, 0.3) is 0 Å². The number of amides is 3. The van der Waals surface area contributed by atoms with Gasteiger partial charge in [-0.15, -0.1) is 11.3 Å². The predicted octanol–water partition coefficient (Wildman–Crippen LogP) is 5.76. The Morgan fingerprint density at radius 3 is 2.47 bits per heavy atom. The monoisotopic (exact) mass is 628 g/mol. The van der Waals surface area contributed by atoms with E-state index in [0.717, 1.165) is 35.6 Å². The van der Waals surface area contributed by atoms with Crippen LogP contribution in [0.4, 0.5) is 15.3 Å². The van der Waals surface area contributed by atoms with E-state index in [-0.39, 0.29) is 29.5 Å². The fraction of sp³-hybridized carbons (Fsp3) is 0.467. The van der Waals surface area contributed by atoms with Crippen LogP contribution in [0.3, 0.4) is 0 Å². The number of hydrogen-bond donors (Lipinski definition) is 4. The number of ether oxygens (including phenoxy) is 1. The highest BCUT2D eigenvalue weighted by Crippen LogP contribution is 2.40. The number of carbonyl (C=O) groups excluding carboxylic acids is 2. The Morgan fingerprint density at radius 1 is 1.07 bits per heavy atom. The van der Waals surface area contributed by atoms with Crippen molar-refractivity contribution in [3.05, 3.63) is 59.5 Å². The molecule has 3 amide bonds. The zero-order valence-electron chi connectivity index (χ0n) is 25.1. The first-order valence-electron chi connectivity index (χ1n) is 14.3. The second kappa shape index (κ2) is 13.8. The smallest absolute Gasteiger partial charge is 0.407 e. The molecule has 1 aliphatic rings. The van der Waals surface area contributed by atoms with Gasteiger partial charge < -0.3 is 20.7 Å². The van der Waals surface area contributed by atoms with Gasteiger partial charge in [-0.2, -0.15) is 0 Å². The molecular weight excluding hydrogens is 589 g/mol. The van der Waals surface area contributed by atoms with Gasteiger partial charge in [-0.05, 0) is 84.6 Å². The van der Waals surface area contributed by atoms with Crippen molar-refractivity contribution >= 4 is 39.2 Å². The third-order valence-corrected chi connectivity index (χ3v) is 9.65. The Balaban J connectivity index is 1.50. The lowest BCUT2D eigenvalue weighted by molar-refractivity contribution is 0.109. The maximum Gasteiger partial charge on any atom is 0.407 e. The summed E-state index contributed by atoms with van der Waals surface area (Å²) < 4.78 is 35.1. The van der Waals surface area contributed by atoms with E-state index in [0.29, 0.717) is 16.9 Å². The minimum Gasteiger partial charge on any atom is -0.447 e. The number of benzene rings is 1. The normalized spacial score (nSPS) is 17.3. The summed E-state index contributed by atoms with van der Waals surface area (Å²) in [5.74, 6) is 0.217. The van der Waals surface area contributed by atoms with E-state index >= 15 is 0 Å². The lowest BCUT2D eigenvalue weighted by Gasteiger charge is -2.28. The fourth-order valence-electron chi connectivity index (χ4n) is 4.83. The van der Waals surface area contributed by atoms with Crippen molar-refractivity contribution in [1.29, 1.82) is 0 Å². The topological polar surface area (TPSA) is 151 Å². The molecule has 0 aliphatic heterocycles. The van der Waals surface area contributed by atoms with E-state index < -0.39 is 27.7 Å². The van der Waals surface area contributed by atoms with Crippen LogP contribution < -0.4 is 20.7 Å². The molecule has 2 aromatic heterocycles. The number of nitrogens with one attached hydrogen (secondary N) is 4. The average molecular weight is 629 g/mol. The summed E-state index contributed by atoms with van der Waals surface area (Å²) in [5.41, 5.74) is 0.826. The summed E-state index contributed by atoms with van der Waals surface area (Å²) in [5, 5.41) is 9.34. The quantitative estimate of drug-likeness (QED) is 0.235. The van der Waals surface area contributed by atoms with Gasteiger partial charge in [-0.3, -0.25) is 4.98 Å². The number of thiazole rings is 1. The van der Waals surface area contributed by atoms with Crippen LogP contribution in [-0.4, -0.2) is 48.2 Å². The lowest BCUT2D eigenvalue weighted by atomic mass is 9.86. The first-order chi connectivity index (χ1) is 20.3. The number of alkyl carbamates (subject to hydrolysis) is 1. The molecule has 4 N–H and O–H groups in total. The summed E-state index contributed by atoms with van der Waals surface area (Å²) in [6.45, 7) is 9.18. The lowest BCUT2D eigenvalue weighted by Crippen LogP contribution is -2.40. The van der Waals surface area contributed by atoms with E-state index in [4.69, 9.17) is 4.74 Å². The summed E-state index contributed by atoms with van der Waals surface area (Å²) >= 11 is 1.47. The van der Waals surface area contributed by atoms with Gasteiger partial charge in [0.05, 0.1) is 33.1 Å². The van der Waals surface area contributed by atoms with Crippen LogP contribution in [0.2, 0.25) is 0 Å². The van der Waals surface area contributed by atoms with Crippen molar-refractivity contribution < 1.29 is 22.7 Å². The van der Waals surface area contributed by atoms with Crippen LogP contribution in [0.5, 0.6) is 0 Å². The second-order valence-corrected chi connectivity index (χ2v) is 14.6. The number of anilines is 1. The van der Waals surface area contributed by atoms with E-state index in [1.165, 1.54) is 17.4 Å². The van der Waals surface area contributed by atoms with Crippen molar-refractivity contribution in [3.8, 4) is 10.4 Å². The summed E-state index contributed by atoms with van der Waals surface area (Å²) in [6.07, 6.45) is 6.12. The molecule has 3 aromatic rings. The Labute approximate surface area is 257 Å². The zero-order chi connectivity index (χ0) is 31.2. The van der Waals surface area contributed by atoms with Crippen molar-refractivity contribution in [1.82, 2.24) is 25.3 Å². The highest BCUT2D eigenvalue weighted by Gasteiger charge is 2.29. The number of hydrogen-bond acceptors (Lipinski definition) is 8. The van der Waals surface area contributed by atoms with Crippen LogP contribution >= 0.6 is 11.3 Å². The minimum atomic E-state index is -3.96. The van der Waals surface area contributed by atoms with Crippen molar-refractivity contribution in [2.24, 2.45) is 0 Å². The van der Waals surface area contributed by atoms with Crippen LogP contribution in [-0.2, 0) is 21.3 Å². The molecule has 1 aliphatic carbocycles. The molecule has 0 bridgehead atoms. The molecule has 0 spiro atoms. The molecule has 0 saturated heterocycles. The molecule has 2 heterocycles. The molecule has 0 radical (unpaired) electrons. The number of rotatable bonds is 9. The second-order valence-electron chi connectivity index (χ2n) is 11.9. The molecule has 0 unspecified atom stereocenters. The van der Waals surface area contributed by atoms with Crippen LogP contribution in [0.15, 0.2) is 53.7 Å². The number of nitrogens with zero attached hydrogens (tertiary/aromatic N) is 2. The molecule has 13 heteroatoms. The average Bonchev–Trinajstić information content (AvgIpc) is 3.41. The largest absolute Gasteiger partial charge is 0.447 e. The number of sulfonamides is 1. The third-order valence-electron chi connectivity index (χ3n) is 6.66. The van der Waals surface area contributed by atoms with Gasteiger partial charge in [0.15, 0.2) is 0 Å². The third kappa shape index (κ3) is 9.47. The first kappa shape index (κ1) is 32.4. The fourth-order valence-corrected chi connectivity index (χ4v) is 7.69. The molecule has 1 fully saturated rings. The maximum atomic E-state index is 13.6. The maximum absolute atomic E-state index is 13.6. The van der Waals surface area contributed by atoms with Crippen LogP contribution in [0, 0.1) is 0 Å². The summed E-state index contributed by atoms with van der Waals surface area (Å²) in [4.78, 5) is 34.2. The number of carbonyl (C=O) groups is 2. The number of pyridine rings is 1. The minimum absolute atomic E-state index is 0.0525. The number of aromatic nitrogens is 2. The molecule has 43 heavy (non-hydrogen) atoms. The van der Waals surface area contributed by atoms with Gasteiger partial charge in [-0.1, -0.05) is 12.1 Å². The molecule has 1 aromatic carbocycles. The molecule has 232 valence electrons. The van der Waals surface area contributed by atoms with Gasteiger partial charge in [-0.25, -0.2) is 27.7 Å². The van der Waals surface area contributed by atoms with Crippen molar-refractivity contribution in [2.75, 3.05) is 5.32 Å². The van der Waals surface area contributed by atoms with Crippen LogP contribution in [0.1, 0.15) is 76.9 Å². The Kier molecular flexibility index (Phi) is 10.4. The van der Waals surface area contributed by atoms with Gasteiger partial charge in [0.2, 0.25) is 10.0 Å². The number of urea groups is 1. The van der Waals surface area contributed by atoms with E-state index in [9.17, 15) is 18.0 Å². The molecular formula is C30H40N6O5S2. The zero-order valence-corrected chi connectivity index (χ0v) is 26.8.